The summed E-state index contributed by atoms with van der Waals surface area (Å²) < 4.78 is 4.89. The van der Waals surface area contributed by atoms with Crippen molar-refractivity contribution in [1.29, 1.82) is 0 Å². The van der Waals surface area contributed by atoms with Gasteiger partial charge in [-0.2, -0.15) is 0 Å². The van der Waals surface area contributed by atoms with Crippen molar-refractivity contribution in [1.82, 2.24) is 4.98 Å². The Labute approximate surface area is 82.9 Å². The highest BCUT2D eigenvalue weighted by Gasteiger charge is 2.05. The maximum absolute atomic E-state index is 6.01. The number of H-pyrrole nitrogens is 1. The van der Waals surface area contributed by atoms with Gasteiger partial charge in [0.1, 0.15) is 0 Å². The third-order valence-corrected chi connectivity index (χ3v) is 2.45. The predicted molar refractivity (Wildman–Crippen MR) is 52.9 cm³/mol. The van der Waals surface area contributed by atoms with Crippen LogP contribution in [0.2, 0.25) is 5.02 Å². The fraction of sp³-hybridized carbons (Fsp3) is 0. The molecule has 0 aliphatic heterocycles. The SMILES string of the molecule is Clc1c(OBr)ccc2[nH]ccc12. The standard InChI is InChI=1S/C8H5BrClNO/c9-12-7-2-1-6-5(8(7)10)3-4-11-6/h1-4,11H. The summed E-state index contributed by atoms with van der Waals surface area (Å²) in [5.74, 6) is 0.628. The second kappa shape index (κ2) is 2.99. The topological polar surface area (TPSA) is 25.0 Å². The van der Waals surface area contributed by atoms with E-state index in [1.165, 1.54) is 0 Å². The van der Waals surface area contributed by atoms with Gasteiger partial charge in [-0.3, -0.25) is 0 Å². The summed E-state index contributed by atoms with van der Waals surface area (Å²) in [6.07, 6.45) is 1.84. The van der Waals surface area contributed by atoms with Crippen LogP contribution in [0.15, 0.2) is 24.4 Å². The molecule has 0 unspecified atom stereocenters. The van der Waals surface area contributed by atoms with Crippen LogP contribution >= 0.6 is 27.9 Å². The van der Waals surface area contributed by atoms with Gasteiger partial charge in [-0.1, -0.05) is 11.6 Å². The van der Waals surface area contributed by atoms with Crippen molar-refractivity contribution in [3.63, 3.8) is 0 Å². The Hall–Kier alpha value is -0.670. The van der Waals surface area contributed by atoms with Crippen LogP contribution in [0, 0.1) is 0 Å². The first-order valence-corrected chi connectivity index (χ1v) is 4.39. The van der Waals surface area contributed by atoms with Gasteiger partial charge in [0.05, 0.1) is 5.02 Å². The van der Waals surface area contributed by atoms with Crippen molar-refractivity contribution in [2.75, 3.05) is 0 Å². The summed E-state index contributed by atoms with van der Waals surface area (Å²) in [7, 11) is 0. The molecule has 0 fully saturated rings. The molecular formula is C8H5BrClNO. The first kappa shape index (κ1) is 7.95. The average Bonchev–Trinajstić information content (AvgIpc) is 2.53. The molecular weight excluding hydrogens is 241 g/mol. The van der Waals surface area contributed by atoms with Crippen molar-refractivity contribution in [3.8, 4) is 5.75 Å². The molecule has 2 nitrogen and oxygen atoms in total. The molecule has 0 bridgehead atoms. The predicted octanol–water partition coefficient (Wildman–Crippen LogP) is 3.51. The molecule has 4 heteroatoms. The van der Waals surface area contributed by atoms with Gasteiger partial charge in [-0.15, -0.1) is 0 Å². The van der Waals surface area contributed by atoms with Crippen LogP contribution in [-0.4, -0.2) is 4.98 Å². The molecule has 1 aromatic heterocycles. The third kappa shape index (κ3) is 1.09. The van der Waals surface area contributed by atoms with Gasteiger partial charge < -0.3 is 8.81 Å². The van der Waals surface area contributed by atoms with Crippen LogP contribution in [0.5, 0.6) is 5.75 Å². The van der Waals surface area contributed by atoms with E-state index in [2.05, 4.69) is 21.2 Å². The van der Waals surface area contributed by atoms with Gasteiger partial charge in [0.2, 0.25) is 0 Å². The Balaban J connectivity index is 2.78. The lowest BCUT2D eigenvalue weighted by atomic mass is 10.2. The van der Waals surface area contributed by atoms with Crippen LogP contribution in [0.25, 0.3) is 10.9 Å². The minimum absolute atomic E-state index is 0.616. The monoisotopic (exact) mass is 245 g/mol. The largest absolute Gasteiger partial charge is 0.416 e. The van der Waals surface area contributed by atoms with Crippen molar-refractivity contribution >= 4 is 38.8 Å². The van der Waals surface area contributed by atoms with Gasteiger partial charge in [0, 0.05) is 17.1 Å². The van der Waals surface area contributed by atoms with Crippen LogP contribution < -0.4 is 3.83 Å². The van der Waals surface area contributed by atoms with Crippen LogP contribution in [0.1, 0.15) is 0 Å². The van der Waals surface area contributed by atoms with Gasteiger partial charge in [0.15, 0.2) is 22.0 Å². The van der Waals surface area contributed by atoms with E-state index in [0.29, 0.717) is 10.8 Å². The van der Waals surface area contributed by atoms with Crippen molar-refractivity contribution in [3.05, 3.63) is 29.4 Å². The summed E-state index contributed by atoms with van der Waals surface area (Å²) in [6, 6.07) is 5.63. The molecule has 1 N–H and O–H groups in total. The van der Waals surface area contributed by atoms with Crippen molar-refractivity contribution in [2.45, 2.75) is 0 Å². The molecule has 12 heavy (non-hydrogen) atoms. The Morgan fingerprint density at radius 3 is 2.92 bits per heavy atom. The number of aromatic amines is 1. The summed E-state index contributed by atoms with van der Waals surface area (Å²) >= 11 is 8.90. The second-order valence-corrected chi connectivity index (χ2v) is 3.10. The zero-order valence-electron chi connectivity index (χ0n) is 5.97. The highest BCUT2D eigenvalue weighted by atomic mass is 79.9. The molecule has 1 aromatic carbocycles. The van der Waals surface area contributed by atoms with Crippen LogP contribution in [0.3, 0.4) is 0 Å². The lowest BCUT2D eigenvalue weighted by Gasteiger charge is -2.00. The van der Waals surface area contributed by atoms with Crippen molar-refractivity contribution < 1.29 is 3.83 Å². The molecule has 0 aliphatic rings. The molecule has 0 atom stereocenters. The zero-order valence-corrected chi connectivity index (χ0v) is 8.32. The highest BCUT2D eigenvalue weighted by molar-refractivity contribution is 9.06. The lowest BCUT2D eigenvalue weighted by molar-refractivity contribution is 0.680. The highest BCUT2D eigenvalue weighted by Crippen LogP contribution is 2.32. The molecule has 62 valence electrons. The van der Waals surface area contributed by atoms with E-state index in [1.807, 2.05) is 18.3 Å². The number of nitrogens with one attached hydrogen (secondary N) is 1. The Morgan fingerprint density at radius 2 is 2.17 bits per heavy atom. The summed E-state index contributed by atoms with van der Waals surface area (Å²) in [5.41, 5.74) is 1.01. The van der Waals surface area contributed by atoms with E-state index in [9.17, 15) is 0 Å². The number of halogens is 2. The molecule has 0 saturated heterocycles. The van der Waals surface area contributed by atoms with Crippen LogP contribution in [0.4, 0.5) is 0 Å². The maximum atomic E-state index is 6.01. The molecule has 1 heterocycles. The summed E-state index contributed by atoms with van der Waals surface area (Å²) in [5, 5.41) is 1.58. The third-order valence-electron chi connectivity index (χ3n) is 1.72. The average molecular weight is 246 g/mol. The van der Waals surface area contributed by atoms with Gasteiger partial charge in [-0.25, -0.2) is 0 Å². The summed E-state index contributed by atoms with van der Waals surface area (Å²) in [6.45, 7) is 0. The first-order chi connectivity index (χ1) is 5.83. The lowest BCUT2D eigenvalue weighted by Crippen LogP contribution is -1.76. The van der Waals surface area contributed by atoms with Gasteiger partial charge in [0.25, 0.3) is 0 Å². The molecule has 0 saturated carbocycles. The normalized spacial score (nSPS) is 10.5. The van der Waals surface area contributed by atoms with E-state index in [0.717, 1.165) is 10.9 Å². The number of fused-ring (bicyclic) bond motifs is 1. The first-order valence-electron chi connectivity index (χ1n) is 3.37. The van der Waals surface area contributed by atoms with E-state index in [1.54, 1.807) is 6.07 Å². The smallest absolute Gasteiger partial charge is 0.179 e. The minimum atomic E-state index is 0.616. The maximum Gasteiger partial charge on any atom is 0.179 e. The van der Waals surface area contributed by atoms with E-state index in [4.69, 9.17) is 15.4 Å². The quantitative estimate of drug-likeness (QED) is 0.818. The Morgan fingerprint density at radius 1 is 1.33 bits per heavy atom. The minimum Gasteiger partial charge on any atom is -0.416 e. The Bertz CT molecular complexity index is 412. The number of aromatic nitrogens is 1. The molecule has 2 aromatic rings. The van der Waals surface area contributed by atoms with Gasteiger partial charge >= 0.3 is 0 Å². The van der Waals surface area contributed by atoms with E-state index in [-0.39, 0.29) is 0 Å². The molecule has 0 radical (unpaired) electrons. The molecule has 2 rings (SSSR count). The summed E-state index contributed by atoms with van der Waals surface area (Å²) in [4.78, 5) is 3.06. The molecule has 0 spiro atoms. The van der Waals surface area contributed by atoms with Crippen molar-refractivity contribution in [2.24, 2.45) is 0 Å². The second-order valence-electron chi connectivity index (χ2n) is 2.39. The number of hydrogen-bond donors (Lipinski definition) is 1. The number of benzene rings is 1. The zero-order chi connectivity index (χ0) is 8.55. The van der Waals surface area contributed by atoms with Crippen LogP contribution in [-0.2, 0) is 0 Å². The number of hydrogen-bond acceptors (Lipinski definition) is 1. The Kier molecular flexibility index (Phi) is 1.98. The fourth-order valence-electron chi connectivity index (χ4n) is 1.14. The van der Waals surface area contributed by atoms with E-state index >= 15 is 0 Å². The van der Waals surface area contributed by atoms with Gasteiger partial charge in [-0.05, 0) is 18.2 Å². The fourth-order valence-corrected chi connectivity index (χ4v) is 1.77. The van der Waals surface area contributed by atoms with E-state index < -0.39 is 0 Å². The molecule has 0 amide bonds. The molecule has 0 aliphatic carbocycles. The number of rotatable bonds is 1.